The summed E-state index contributed by atoms with van der Waals surface area (Å²) in [5, 5.41) is 12.6. The van der Waals surface area contributed by atoms with Crippen molar-refractivity contribution in [1.82, 2.24) is 5.32 Å². The SMILES string of the molecule is CCCCCCCCCCCCCCCCCCCCCCCC(=O)OCC(O)COP(=O)(O)OCCNC(=O)CCCCCCCC. The van der Waals surface area contributed by atoms with Gasteiger partial charge in [0.15, 0.2) is 0 Å². The van der Waals surface area contributed by atoms with E-state index >= 15 is 0 Å². The van der Waals surface area contributed by atoms with E-state index in [0.29, 0.717) is 12.8 Å². The summed E-state index contributed by atoms with van der Waals surface area (Å²) in [5.74, 6) is -0.516. The van der Waals surface area contributed by atoms with Crippen LogP contribution in [-0.2, 0) is 27.9 Å². The molecule has 0 heterocycles. The molecule has 0 aliphatic carbocycles. The zero-order valence-electron chi connectivity index (χ0n) is 31.2. The first-order chi connectivity index (χ1) is 23.3. The predicted molar refractivity (Wildman–Crippen MR) is 197 cm³/mol. The Morgan fingerprint density at radius 3 is 1.35 bits per heavy atom. The third kappa shape index (κ3) is 36.3. The van der Waals surface area contributed by atoms with E-state index in [-0.39, 0.29) is 25.7 Å². The van der Waals surface area contributed by atoms with Gasteiger partial charge in [-0.1, -0.05) is 174 Å². The number of aliphatic hydroxyl groups is 1. The number of hydrogen-bond acceptors (Lipinski definition) is 7. The maximum absolute atomic E-state index is 12.0. The fourth-order valence-electron chi connectivity index (χ4n) is 5.73. The number of esters is 1. The number of carbonyl (C=O) groups is 2. The van der Waals surface area contributed by atoms with Gasteiger partial charge in [0.1, 0.15) is 12.7 Å². The standard InChI is InChI=1S/C38H76NO8P/c1-3-5-7-9-11-12-13-14-15-16-17-18-19-20-21-22-23-24-25-27-29-31-38(42)45-34-36(40)35-47-48(43,44)46-33-32-39-37(41)30-28-26-10-8-6-4-2/h36,40H,3-35H2,1-2H3,(H,39,41)(H,43,44). The fraction of sp³-hybridized carbons (Fsp3) is 0.947. The number of ether oxygens (including phenoxy) is 1. The molecule has 2 unspecified atom stereocenters. The number of phosphoric ester groups is 1. The highest BCUT2D eigenvalue weighted by Crippen LogP contribution is 2.42. The lowest BCUT2D eigenvalue weighted by molar-refractivity contribution is -0.147. The minimum absolute atomic E-state index is 0.0856. The van der Waals surface area contributed by atoms with Gasteiger partial charge in [0.25, 0.3) is 0 Å². The number of carbonyl (C=O) groups excluding carboxylic acids is 2. The quantitative estimate of drug-likeness (QED) is 0.0329. The maximum Gasteiger partial charge on any atom is 0.472 e. The molecule has 0 radical (unpaired) electrons. The molecule has 48 heavy (non-hydrogen) atoms. The largest absolute Gasteiger partial charge is 0.472 e. The van der Waals surface area contributed by atoms with Gasteiger partial charge < -0.3 is 20.1 Å². The van der Waals surface area contributed by atoms with Gasteiger partial charge in [-0.05, 0) is 12.8 Å². The second kappa shape index (κ2) is 35.8. The summed E-state index contributed by atoms with van der Waals surface area (Å²) in [7, 11) is -4.39. The highest BCUT2D eigenvalue weighted by atomic mass is 31.2. The molecular weight excluding hydrogens is 629 g/mol. The Bertz CT molecular complexity index is 769. The average molecular weight is 706 g/mol. The Balaban J connectivity index is 3.50. The average Bonchev–Trinajstić information content (AvgIpc) is 3.07. The van der Waals surface area contributed by atoms with Crippen LogP contribution in [0.2, 0.25) is 0 Å². The second-order valence-electron chi connectivity index (χ2n) is 13.6. The van der Waals surface area contributed by atoms with Crippen LogP contribution < -0.4 is 5.32 Å². The summed E-state index contributed by atoms with van der Waals surface area (Å²) in [6.07, 6.45) is 33.5. The fourth-order valence-corrected chi connectivity index (χ4v) is 6.49. The molecule has 0 bridgehead atoms. The Labute approximate surface area is 295 Å². The molecule has 0 saturated heterocycles. The van der Waals surface area contributed by atoms with Gasteiger partial charge in [-0.15, -0.1) is 0 Å². The predicted octanol–water partition coefficient (Wildman–Crippen LogP) is 10.5. The van der Waals surface area contributed by atoms with Crippen LogP contribution in [0.15, 0.2) is 0 Å². The number of unbranched alkanes of at least 4 members (excludes halogenated alkanes) is 25. The van der Waals surface area contributed by atoms with Gasteiger partial charge in [-0.2, -0.15) is 0 Å². The number of phosphoric acid groups is 1. The smallest absolute Gasteiger partial charge is 0.463 e. The summed E-state index contributed by atoms with van der Waals surface area (Å²) in [5.41, 5.74) is 0. The van der Waals surface area contributed by atoms with E-state index in [4.69, 9.17) is 13.8 Å². The van der Waals surface area contributed by atoms with Crippen LogP contribution in [-0.4, -0.2) is 54.3 Å². The Kier molecular flexibility index (Phi) is 35.1. The molecule has 0 fully saturated rings. The molecule has 0 aromatic heterocycles. The highest BCUT2D eigenvalue weighted by molar-refractivity contribution is 7.47. The zero-order chi connectivity index (χ0) is 35.4. The van der Waals surface area contributed by atoms with Crippen molar-refractivity contribution in [1.29, 1.82) is 0 Å². The van der Waals surface area contributed by atoms with E-state index < -0.39 is 26.5 Å². The second-order valence-corrected chi connectivity index (χ2v) is 15.1. The summed E-state index contributed by atoms with van der Waals surface area (Å²) in [6, 6.07) is 0. The monoisotopic (exact) mass is 706 g/mol. The lowest BCUT2D eigenvalue weighted by Gasteiger charge is -2.15. The van der Waals surface area contributed by atoms with E-state index in [1.54, 1.807) is 0 Å². The molecule has 1 amide bonds. The molecule has 10 heteroatoms. The summed E-state index contributed by atoms with van der Waals surface area (Å²) in [6.45, 7) is 3.51. The first-order valence-electron chi connectivity index (χ1n) is 20.0. The third-order valence-corrected chi connectivity index (χ3v) is 9.77. The minimum atomic E-state index is -4.39. The van der Waals surface area contributed by atoms with Crippen LogP contribution >= 0.6 is 7.82 Å². The molecular formula is C38H76NO8P. The number of amides is 1. The van der Waals surface area contributed by atoms with Crippen LogP contribution in [0.5, 0.6) is 0 Å². The molecule has 286 valence electrons. The normalized spacial score (nSPS) is 13.3. The molecule has 0 rings (SSSR count). The van der Waals surface area contributed by atoms with Crippen molar-refractivity contribution in [3.05, 3.63) is 0 Å². The van der Waals surface area contributed by atoms with Crippen LogP contribution in [0, 0.1) is 0 Å². The molecule has 2 atom stereocenters. The van der Waals surface area contributed by atoms with Crippen molar-refractivity contribution >= 4 is 19.7 Å². The van der Waals surface area contributed by atoms with Gasteiger partial charge in [0.2, 0.25) is 5.91 Å². The molecule has 0 aromatic carbocycles. The molecule has 0 saturated carbocycles. The maximum atomic E-state index is 12.0. The highest BCUT2D eigenvalue weighted by Gasteiger charge is 2.23. The number of rotatable bonds is 38. The van der Waals surface area contributed by atoms with E-state index in [9.17, 15) is 24.2 Å². The molecule has 3 N–H and O–H groups in total. The van der Waals surface area contributed by atoms with Gasteiger partial charge >= 0.3 is 13.8 Å². The van der Waals surface area contributed by atoms with Crippen molar-refractivity contribution < 1.29 is 37.9 Å². The van der Waals surface area contributed by atoms with Crippen LogP contribution in [0.25, 0.3) is 0 Å². The van der Waals surface area contributed by atoms with Crippen molar-refractivity contribution in [2.45, 2.75) is 206 Å². The van der Waals surface area contributed by atoms with E-state index in [1.807, 2.05) is 0 Å². The van der Waals surface area contributed by atoms with E-state index in [2.05, 4.69) is 19.2 Å². The van der Waals surface area contributed by atoms with Crippen molar-refractivity contribution in [3.63, 3.8) is 0 Å². The lowest BCUT2D eigenvalue weighted by atomic mass is 10.0. The summed E-state index contributed by atoms with van der Waals surface area (Å²) < 4.78 is 26.7. The molecule has 9 nitrogen and oxygen atoms in total. The number of hydrogen-bond donors (Lipinski definition) is 3. The van der Waals surface area contributed by atoms with Crippen molar-refractivity contribution in [2.75, 3.05) is 26.4 Å². The zero-order valence-corrected chi connectivity index (χ0v) is 32.1. The summed E-state index contributed by atoms with van der Waals surface area (Å²) >= 11 is 0. The van der Waals surface area contributed by atoms with Crippen molar-refractivity contribution in [3.8, 4) is 0 Å². The first kappa shape index (κ1) is 47.0. The van der Waals surface area contributed by atoms with Crippen LogP contribution in [0.1, 0.15) is 200 Å². The van der Waals surface area contributed by atoms with E-state index in [1.165, 1.54) is 135 Å². The molecule has 0 spiro atoms. The molecule has 0 aliphatic heterocycles. The van der Waals surface area contributed by atoms with Gasteiger partial charge in [-0.3, -0.25) is 18.6 Å². The Morgan fingerprint density at radius 1 is 0.562 bits per heavy atom. The number of nitrogens with one attached hydrogen (secondary N) is 1. The van der Waals surface area contributed by atoms with Crippen LogP contribution in [0.4, 0.5) is 0 Å². The van der Waals surface area contributed by atoms with Crippen molar-refractivity contribution in [2.24, 2.45) is 0 Å². The third-order valence-electron chi connectivity index (χ3n) is 8.79. The summed E-state index contributed by atoms with van der Waals surface area (Å²) in [4.78, 5) is 33.6. The van der Waals surface area contributed by atoms with Gasteiger partial charge in [0.05, 0.1) is 13.2 Å². The van der Waals surface area contributed by atoms with Gasteiger partial charge in [0, 0.05) is 19.4 Å². The number of aliphatic hydroxyl groups excluding tert-OH is 1. The van der Waals surface area contributed by atoms with Gasteiger partial charge in [-0.25, -0.2) is 4.57 Å². The lowest BCUT2D eigenvalue weighted by Crippen LogP contribution is -2.27. The Hall–Kier alpha value is -0.990. The molecule has 0 aliphatic rings. The van der Waals surface area contributed by atoms with Crippen LogP contribution in [0.3, 0.4) is 0 Å². The van der Waals surface area contributed by atoms with E-state index in [0.717, 1.165) is 38.5 Å². The topological polar surface area (TPSA) is 131 Å². The first-order valence-corrected chi connectivity index (χ1v) is 21.5. The minimum Gasteiger partial charge on any atom is -0.463 e. The Morgan fingerprint density at radius 2 is 0.938 bits per heavy atom. The molecule has 0 aromatic rings.